The molecule has 0 heterocycles. The van der Waals surface area contributed by atoms with E-state index < -0.39 is 0 Å². The minimum absolute atomic E-state index is 0.0807. The van der Waals surface area contributed by atoms with Gasteiger partial charge in [-0.05, 0) is 49.2 Å². The van der Waals surface area contributed by atoms with E-state index in [1.165, 1.54) is 0 Å². The van der Waals surface area contributed by atoms with Gasteiger partial charge in [-0.15, -0.1) is 0 Å². The minimum atomic E-state index is 0.0807. The minimum Gasteiger partial charge on any atom is -0.508 e. The van der Waals surface area contributed by atoms with Gasteiger partial charge in [-0.1, -0.05) is 41.4 Å². The van der Waals surface area contributed by atoms with Crippen molar-refractivity contribution >= 4 is 23.2 Å². The average molecular weight is 310 g/mol. The molecule has 0 saturated carbocycles. The third-order valence-electron chi connectivity index (χ3n) is 3.30. The molecule has 0 aliphatic rings. The maximum Gasteiger partial charge on any atom is 0.115 e. The normalized spacial score (nSPS) is 14.0. The van der Waals surface area contributed by atoms with Crippen LogP contribution in [0, 0.1) is 0 Å². The Labute approximate surface area is 129 Å². The number of hydrogen-bond acceptors (Lipinski definition) is 2. The van der Waals surface area contributed by atoms with Crippen molar-refractivity contribution in [2.75, 3.05) is 0 Å². The van der Waals surface area contributed by atoms with Gasteiger partial charge in [0, 0.05) is 22.1 Å². The Bertz CT molecular complexity index is 601. The Morgan fingerprint density at radius 1 is 1.00 bits per heavy atom. The van der Waals surface area contributed by atoms with Crippen LogP contribution in [0.5, 0.6) is 5.75 Å². The molecule has 0 bridgehead atoms. The molecule has 2 rings (SSSR count). The van der Waals surface area contributed by atoms with E-state index in [0.717, 1.165) is 11.1 Å². The quantitative estimate of drug-likeness (QED) is 0.822. The Balaban J connectivity index is 2.12. The van der Waals surface area contributed by atoms with Gasteiger partial charge >= 0.3 is 0 Å². The molecule has 2 N–H and O–H groups in total. The summed E-state index contributed by atoms with van der Waals surface area (Å²) in [5.74, 6) is 0.272. The maximum absolute atomic E-state index is 9.52. The van der Waals surface area contributed by atoms with Crippen LogP contribution in [0.2, 0.25) is 10.0 Å². The lowest BCUT2D eigenvalue weighted by Gasteiger charge is -2.22. The van der Waals surface area contributed by atoms with Crippen LogP contribution in [0.15, 0.2) is 42.5 Å². The van der Waals surface area contributed by atoms with Gasteiger partial charge < -0.3 is 10.4 Å². The van der Waals surface area contributed by atoms with E-state index in [1.807, 2.05) is 24.3 Å². The molecule has 0 aliphatic heterocycles. The third kappa shape index (κ3) is 3.66. The number of nitrogens with one attached hydrogen (secondary N) is 1. The Morgan fingerprint density at radius 3 is 2.40 bits per heavy atom. The molecule has 0 amide bonds. The Morgan fingerprint density at radius 2 is 1.75 bits per heavy atom. The van der Waals surface area contributed by atoms with Gasteiger partial charge in [0.25, 0.3) is 0 Å². The van der Waals surface area contributed by atoms with Crippen LogP contribution < -0.4 is 5.32 Å². The highest BCUT2D eigenvalue weighted by Gasteiger charge is 2.14. The number of phenolic OH excluding ortho intramolecular Hbond substituents is 1. The molecule has 2 nitrogen and oxygen atoms in total. The van der Waals surface area contributed by atoms with Crippen molar-refractivity contribution in [2.45, 2.75) is 25.9 Å². The van der Waals surface area contributed by atoms with Crippen LogP contribution in [0.25, 0.3) is 0 Å². The van der Waals surface area contributed by atoms with Crippen molar-refractivity contribution < 1.29 is 5.11 Å². The molecule has 106 valence electrons. The largest absolute Gasteiger partial charge is 0.508 e. The monoisotopic (exact) mass is 309 g/mol. The van der Waals surface area contributed by atoms with Gasteiger partial charge in [-0.2, -0.15) is 0 Å². The fourth-order valence-corrected chi connectivity index (χ4v) is 2.78. The predicted octanol–water partition coefficient (Wildman–Crippen LogP) is 5.11. The van der Waals surface area contributed by atoms with E-state index in [4.69, 9.17) is 23.2 Å². The summed E-state index contributed by atoms with van der Waals surface area (Å²) in [4.78, 5) is 0. The molecule has 20 heavy (non-hydrogen) atoms. The van der Waals surface area contributed by atoms with Gasteiger partial charge in [0.05, 0.1) is 0 Å². The first-order valence-corrected chi connectivity index (χ1v) is 7.23. The molecule has 0 radical (unpaired) electrons. The van der Waals surface area contributed by atoms with Crippen molar-refractivity contribution in [1.82, 2.24) is 5.32 Å². The number of aromatic hydroxyl groups is 1. The van der Waals surface area contributed by atoms with Crippen LogP contribution >= 0.6 is 23.2 Å². The predicted molar refractivity (Wildman–Crippen MR) is 84.5 cm³/mol. The second-order valence-corrected chi connectivity index (χ2v) is 5.71. The van der Waals surface area contributed by atoms with Crippen LogP contribution in [0.4, 0.5) is 0 Å². The average Bonchev–Trinajstić information content (AvgIpc) is 2.38. The Hall–Kier alpha value is -1.22. The molecule has 0 fully saturated rings. The van der Waals surface area contributed by atoms with E-state index in [9.17, 15) is 5.11 Å². The number of phenols is 1. The molecule has 2 aromatic carbocycles. The maximum atomic E-state index is 9.52. The number of hydrogen-bond donors (Lipinski definition) is 2. The SMILES string of the molecule is CC(NC(C)c1ccc(Cl)cc1Cl)c1cccc(O)c1. The summed E-state index contributed by atoms with van der Waals surface area (Å²) in [6.07, 6.45) is 0. The first-order valence-electron chi connectivity index (χ1n) is 6.47. The van der Waals surface area contributed by atoms with Crippen molar-refractivity contribution in [1.29, 1.82) is 0 Å². The number of rotatable bonds is 4. The summed E-state index contributed by atoms with van der Waals surface area (Å²) in [7, 11) is 0. The van der Waals surface area contributed by atoms with Crippen LogP contribution in [-0.4, -0.2) is 5.11 Å². The molecular weight excluding hydrogens is 293 g/mol. The van der Waals surface area contributed by atoms with Gasteiger partial charge in [0.2, 0.25) is 0 Å². The highest BCUT2D eigenvalue weighted by atomic mass is 35.5. The molecular formula is C16H17Cl2NO. The standard InChI is InChI=1S/C16H17Cl2NO/c1-10(12-4-3-5-14(20)8-12)19-11(2)15-7-6-13(17)9-16(15)18/h3-11,19-20H,1-2H3. The summed E-state index contributed by atoms with van der Waals surface area (Å²) in [6.45, 7) is 4.10. The third-order valence-corrected chi connectivity index (χ3v) is 3.86. The first kappa shape index (κ1) is 15.2. The topological polar surface area (TPSA) is 32.3 Å². The highest BCUT2D eigenvalue weighted by molar-refractivity contribution is 6.35. The molecule has 2 atom stereocenters. The summed E-state index contributed by atoms with van der Waals surface area (Å²) in [6, 6.07) is 12.9. The molecule has 0 spiro atoms. The van der Waals surface area contributed by atoms with Crippen molar-refractivity contribution in [2.24, 2.45) is 0 Å². The summed E-state index contributed by atoms with van der Waals surface area (Å²) < 4.78 is 0. The molecule has 2 aromatic rings. The fraction of sp³-hybridized carbons (Fsp3) is 0.250. The first-order chi connectivity index (χ1) is 9.47. The summed E-state index contributed by atoms with van der Waals surface area (Å²) in [5, 5.41) is 14.3. The molecule has 4 heteroatoms. The van der Waals surface area contributed by atoms with Crippen LogP contribution in [0.1, 0.15) is 37.1 Å². The second-order valence-electron chi connectivity index (χ2n) is 4.87. The van der Waals surface area contributed by atoms with E-state index in [-0.39, 0.29) is 17.8 Å². The zero-order valence-electron chi connectivity index (χ0n) is 11.4. The Kier molecular flexibility index (Phi) is 4.92. The van der Waals surface area contributed by atoms with E-state index in [1.54, 1.807) is 18.2 Å². The van der Waals surface area contributed by atoms with E-state index >= 15 is 0 Å². The van der Waals surface area contributed by atoms with Gasteiger partial charge in [0.1, 0.15) is 5.75 Å². The fourth-order valence-electron chi connectivity index (χ4n) is 2.21. The molecule has 0 aromatic heterocycles. The molecule has 2 unspecified atom stereocenters. The van der Waals surface area contributed by atoms with E-state index in [2.05, 4.69) is 19.2 Å². The molecule has 0 aliphatic carbocycles. The van der Waals surface area contributed by atoms with Crippen molar-refractivity contribution in [3.63, 3.8) is 0 Å². The lowest BCUT2D eigenvalue weighted by molar-refractivity contribution is 0.466. The number of benzene rings is 2. The summed E-state index contributed by atoms with van der Waals surface area (Å²) >= 11 is 12.1. The number of halogens is 2. The lowest BCUT2D eigenvalue weighted by atomic mass is 10.0. The van der Waals surface area contributed by atoms with Gasteiger partial charge in [0.15, 0.2) is 0 Å². The highest BCUT2D eigenvalue weighted by Crippen LogP contribution is 2.28. The van der Waals surface area contributed by atoms with Crippen LogP contribution in [-0.2, 0) is 0 Å². The zero-order valence-corrected chi connectivity index (χ0v) is 12.9. The van der Waals surface area contributed by atoms with Crippen LogP contribution in [0.3, 0.4) is 0 Å². The second kappa shape index (κ2) is 6.49. The van der Waals surface area contributed by atoms with E-state index in [0.29, 0.717) is 10.0 Å². The smallest absolute Gasteiger partial charge is 0.115 e. The van der Waals surface area contributed by atoms with Crippen molar-refractivity contribution in [3.05, 3.63) is 63.6 Å². The zero-order chi connectivity index (χ0) is 14.7. The van der Waals surface area contributed by atoms with Gasteiger partial charge in [-0.25, -0.2) is 0 Å². The molecule has 0 saturated heterocycles. The summed E-state index contributed by atoms with van der Waals surface area (Å²) in [5.41, 5.74) is 2.03. The van der Waals surface area contributed by atoms with Gasteiger partial charge in [-0.3, -0.25) is 0 Å². The van der Waals surface area contributed by atoms with Crippen molar-refractivity contribution in [3.8, 4) is 5.75 Å². The lowest BCUT2D eigenvalue weighted by Crippen LogP contribution is -2.22.